The molecule has 1 aliphatic carbocycles. The summed E-state index contributed by atoms with van der Waals surface area (Å²) in [6, 6.07) is 6.92. The SMILES string of the molecule is O=S1(=O)CCC(O)(C2CCC2)c2ccccc21. The Morgan fingerprint density at radius 2 is 1.94 bits per heavy atom. The third kappa shape index (κ3) is 1.54. The van der Waals surface area contributed by atoms with E-state index in [1.54, 1.807) is 18.2 Å². The predicted molar refractivity (Wildman–Crippen MR) is 64.3 cm³/mol. The Balaban J connectivity index is 2.17. The molecule has 1 saturated carbocycles. The normalized spacial score (nSPS) is 31.6. The minimum atomic E-state index is -3.19. The third-order valence-corrected chi connectivity index (χ3v) is 5.99. The van der Waals surface area contributed by atoms with Gasteiger partial charge in [-0.3, -0.25) is 0 Å². The van der Waals surface area contributed by atoms with E-state index in [1.165, 1.54) is 0 Å². The van der Waals surface area contributed by atoms with E-state index in [0.29, 0.717) is 16.9 Å². The molecule has 0 bridgehead atoms. The van der Waals surface area contributed by atoms with Crippen molar-refractivity contribution in [3.05, 3.63) is 29.8 Å². The summed E-state index contributed by atoms with van der Waals surface area (Å²) in [5, 5.41) is 10.8. The number of fused-ring (bicyclic) bond motifs is 1. The molecule has 1 aromatic rings. The molecule has 17 heavy (non-hydrogen) atoms. The lowest BCUT2D eigenvalue weighted by atomic mass is 9.68. The lowest BCUT2D eigenvalue weighted by molar-refractivity contribution is -0.0627. The van der Waals surface area contributed by atoms with Crippen molar-refractivity contribution in [2.24, 2.45) is 5.92 Å². The highest BCUT2D eigenvalue weighted by Crippen LogP contribution is 2.48. The van der Waals surface area contributed by atoms with Crippen LogP contribution in [0.1, 0.15) is 31.2 Å². The Kier molecular flexibility index (Phi) is 2.35. The van der Waals surface area contributed by atoms with Crippen LogP contribution in [0.3, 0.4) is 0 Å². The van der Waals surface area contributed by atoms with Crippen molar-refractivity contribution in [1.82, 2.24) is 0 Å². The van der Waals surface area contributed by atoms with Crippen LogP contribution in [-0.2, 0) is 15.4 Å². The van der Waals surface area contributed by atoms with Crippen molar-refractivity contribution < 1.29 is 13.5 Å². The van der Waals surface area contributed by atoms with Gasteiger partial charge in [-0.15, -0.1) is 0 Å². The first-order valence-electron chi connectivity index (χ1n) is 6.09. The standard InChI is InChI=1S/C13H16O3S/c14-13(10-4-3-5-10)8-9-17(15,16)12-7-2-1-6-11(12)13/h1-2,6-7,10,14H,3-5,8-9H2. The first-order chi connectivity index (χ1) is 8.04. The summed E-state index contributed by atoms with van der Waals surface area (Å²) in [5.74, 6) is 0.302. The van der Waals surface area contributed by atoms with E-state index in [2.05, 4.69) is 0 Å². The van der Waals surface area contributed by atoms with E-state index in [9.17, 15) is 13.5 Å². The lowest BCUT2D eigenvalue weighted by Gasteiger charge is -2.44. The zero-order valence-corrected chi connectivity index (χ0v) is 10.4. The maximum atomic E-state index is 12.0. The molecule has 1 N–H and O–H groups in total. The van der Waals surface area contributed by atoms with Gasteiger partial charge in [-0.25, -0.2) is 8.42 Å². The van der Waals surface area contributed by atoms with Gasteiger partial charge in [0.15, 0.2) is 9.84 Å². The van der Waals surface area contributed by atoms with Crippen molar-refractivity contribution in [3.8, 4) is 0 Å². The fraction of sp³-hybridized carbons (Fsp3) is 0.538. The Morgan fingerprint density at radius 1 is 1.24 bits per heavy atom. The molecule has 1 aromatic carbocycles. The largest absolute Gasteiger partial charge is 0.385 e. The molecular formula is C13H16O3S. The van der Waals surface area contributed by atoms with Crippen molar-refractivity contribution in [1.29, 1.82) is 0 Å². The van der Waals surface area contributed by atoms with Crippen LogP contribution in [-0.4, -0.2) is 19.3 Å². The highest BCUT2D eigenvalue weighted by molar-refractivity contribution is 7.91. The maximum Gasteiger partial charge on any atom is 0.178 e. The average Bonchev–Trinajstić information content (AvgIpc) is 2.23. The van der Waals surface area contributed by atoms with Gasteiger partial charge in [-0.05, 0) is 31.2 Å². The fourth-order valence-corrected chi connectivity index (χ4v) is 4.61. The number of sulfone groups is 1. The van der Waals surface area contributed by atoms with E-state index in [1.807, 2.05) is 6.07 Å². The van der Waals surface area contributed by atoms with Gasteiger partial charge in [0.2, 0.25) is 0 Å². The molecule has 1 fully saturated rings. The van der Waals surface area contributed by atoms with Crippen LogP contribution < -0.4 is 0 Å². The molecule has 0 radical (unpaired) electrons. The summed E-state index contributed by atoms with van der Waals surface area (Å²) in [4.78, 5) is 0.334. The molecule has 3 nitrogen and oxygen atoms in total. The maximum absolute atomic E-state index is 12.0. The number of hydrogen-bond donors (Lipinski definition) is 1. The van der Waals surface area contributed by atoms with Crippen LogP contribution in [0.25, 0.3) is 0 Å². The zero-order valence-electron chi connectivity index (χ0n) is 9.59. The minimum Gasteiger partial charge on any atom is -0.385 e. The van der Waals surface area contributed by atoms with E-state index in [-0.39, 0.29) is 11.7 Å². The lowest BCUT2D eigenvalue weighted by Crippen LogP contribution is -2.44. The van der Waals surface area contributed by atoms with Crippen molar-refractivity contribution in [3.63, 3.8) is 0 Å². The second-order valence-corrected chi connectivity index (χ2v) is 7.19. The van der Waals surface area contributed by atoms with E-state index in [4.69, 9.17) is 0 Å². The van der Waals surface area contributed by atoms with Gasteiger partial charge in [0.25, 0.3) is 0 Å². The second kappa shape index (κ2) is 3.56. The molecule has 0 amide bonds. The molecule has 1 heterocycles. The number of hydrogen-bond acceptors (Lipinski definition) is 3. The first kappa shape index (κ1) is 11.2. The van der Waals surface area contributed by atoms with Gasteiger partial charge >= 0.3 is 0 Å². The fourth-order valence-electron chi connectivity index (χ4n) is 2.94. The summed E-state index contributed by atoms with van der Waals surface area (Å²) in [6.07, 6.45) is 3.49. The Hall–Kier alpha value is -0.870. The topological polar surface area (TPSA) is 54.4 Å². The summed E-state index contributed by atoms with van der Waals surface area (Å²) in [6.45, 7) is 0. The van der Waals surface area contributed by atoms with Crippen molar-refractivity contribution >= 4 is 9.84 Å². The molecule has 1 unspecified atom stereocenters. The molecular weight excluding hydrogens is 236 g/mol. The van der Waals surface area contributed by atoms with Gasteiger partial charge in [0, 0.05) is 5.56 Å². The molecule has 0 saturated heterocycles. The molecule has 1 atom stereocenters. The van der Waals surface area contributed by atoms with Crippen molar-refractivity contribution in [2.45, 2.75) is 36.2 Å². The van der Waals surface area contributed by atoms with Gasteiger partial charge in [0.1, 0.15) is 0 Å². The molecule has 0 spiro atoms. The summed E-state index contributed by atoms with van der Waals surface area (Å²) >= 11 is 0. The van der Waals surface area contributed by atoms with Gasteiger partial charge in [-0.2, -0.15) is 0 Å². The smallest absolute Gasteiger partial charge is 0.178 e. The predicted octanol–water partition coefficient (Wildman–Crippen LogP) is 1.85. The number of rotatable bonds is 1. The third-order valence-electron chi connectivity index (χ3n) is 4.22. The summed E-state index contributed by atoms with van der Waals surface area (Å²) < 4.78 is 24.0. The van der Waals surface area contributed by atoms with Gasteiger partial charge < -0.3 is 5.11 Å². The van der Waals surface area contributed by atoms with Crippen LogP contribution in [0, 0.1) is 5.92 Å². The van der Waals surface area contributed by atoms with Crippen LogP contribution in [0.2, 0.25) is 0 Å². The second-order valence-electron chi connectivity index (χ2n) is 5.12. The summed E-state index contributed by atoms with van der Waals surface area (Å²) in [7, 11) is -3.19. The molecule has 92 valence electrons. The Morgan fingerprint density at radius 3 is 2.59 bits per heavy atom. The quantitative estimate of drug-likeness (QED) is 0.830. The molecule has 2 aliphatic rings. The van der Waals surface area contributed by atoms with Crippen molar-refractivity contribution in [2.75, 3.05) is 5.75 Å². The first-order valence-corrected chi connectivity index (χ1v) is 7.74. The Bertz CT molecular complexity index is 546. The average molecular weight is 252 g/mol. The minimum absolute atomic E-state index is 0.0665. The van der Waals surface area contributed by atoms with Crippen LogP contribution >= 0.6 is 0 Å². The summed E-state index contributed by atoms with van der Waals surface area (Å²) in [5.41, 5.74) is -0.295. The Labute approximate surface area is 101 Å². The number of aliphatic hydroxyl groups is 1. The van der Waals surface area contributed by atoms with Crippen LogP contribution in [0.4, 0.5) is 0 Å². The van der Waals surface area contributed by atoms with Crippen LogP contribution in [0.5, 0.6) is 0 Å². The molecule has 0 aromatic heterocycles. The molecule has 4 heteroatoms. The van der Waals surface area contributed by atoms with Gasteiger partial charge in [-0.1, -0.05) is 24.6 Å². The molecule has 1 aliphatic heterocycles. The van der Waals surface area contributed by atoms with Crippen LogP contribution in [0.15, 0.2) is 29.2 Å². The number of benzene rings is 1. The van der Waals surface area contributed by atoms with E-state index < -0.39 is 15.4 Å². The zero-order chi connectivity index (χ0) is 12.1. The highest BCUT2D eigenvalue weighted by Gasteiger charge is 2.47. The van der Waals surface area contributed by atoms with E-state index >= 15 is 0 Å². The van der Waals surface area contributed by atoms with E-state index in [0.717, 1.165) is 19.3 Å². The van der Waals surface area contributed by atoms with Gasteiger partial charge in [0.05, 0.1) is 16.2 Å². The monoisotopic (exact) mass is 252 g/mol. The molecule has 3 rings (SSSR count). The highest BCUT2D eigenvalue weighted by atomic mass is 32.2.